The molecule has 0 atom stereocenters. The largest absolute Gasteiger partial charge is 0.484 e. The van der Waals surface area contributed by atoms with Crippen LogP contribution in [0.5, 0.6) is 17.2 Å². The second-order valence-corrected chi connectivity index (χ2v) is 7.37. The van der Waals surface area contributed by atoms with E-state index in [9.17, 15) is 4.79 Å². The maximum atomic E-state index is 12.7. The lowest BCUT2D eigenvalue weighted by Gasteiger charge is -2.27. The van der Waals surface area contributed by atoms with Gasteiger partial charge in [0.2, 0.25) is 0 Å². The number of hydrogen-bond donors (Lipinski definition) is 1. The molecule has 0 spiro atoms. The van der Waals surface area contributed by atoms with Gasteiger partial charge in [-0.2, -0.15) is 0 Å². The van der Waals surface area contributed by atoms with Gasteiger partial charge in [0, 0.05) is 41.7 Å². The van der Waals surface area contributed by atoms with E-state index in [2.05, 4.69) is 17.1 Å². The van der Waals surface area contributed by atoms with Crippen LogP contribution in [0.25, 0.3) is 10.9 Å². The van der Waals surface area contributed by atoms with E-state index in [4.69, 9.17) is 9.47 Å². The second kappa shape index (κ2) is 7.95. The number of aromatic amines is 1. The van der Waals surface area contributed by atoms with Gasteiger partial charge < -0.3 is 19.4 Å². The number of carbonyl (C=O) groups is 1. The number of nitrogens with one attached hydrogen (secondary N) is 1. The van der Waals surface area contributed by atoms with E-state index in [1.165, 1.54) is 16.6 Å². The minimum atomic E-state index is -0.00413. The Labute approximate surface area is 174 Å². The molecule has 150 valence electrons. The first kappa shape index (κ1) is 18.3. The Balaban J connectivity index is 1.19. The van der Waals surface area contributed by atoms with Gasteiger partial charge in [0.15, 0.2) is 6.61 Å². The van der Waals surface area contributed by atoms with Crippen LogP contribution in [0, 0.1) is 0 Å². The van der Waals surface area contributed by atoms with Gasteiger partial charge in [0.1, 0.15) is 17.2 Å². The number of carbonyl (C=O) groups excluding carboxylic acids is 1. The van der Waals surface area contributed by atoms with Crippen molar-refractivity contribution in [2.24, 2.45) is 0 Å². The van der Waals surface area contributed by atoms with Crippen LogP contribution in [0.2, 0.25) is 0 Å². The summed E-state index contributed by atoms with van der Waals surface area (Å²) >= 11 is 0. The van der Waals surface area contributed by atoms with Crippen molar-refractivity contribution >= 4 is 16.8 Å². The Bertz CT molecular complexity index is 1170. The van der Waals surface area contributed by atoms with Gasteiger partial charge in [-0.15, -0.1) is 0 Å². The van der Waals surface area contributed by atoms with Gasteiger partial charge in [-0.25, -0.2) is 0 Å². The van der Waals surface area contributed by atoms with Crippen LogP contribution in [0.3, 0.4) is 0 Å². The summed E-state index contributed by atoms with van der Waals surface area (Å²) in [6.07, 6.45) is 0.835. The predicted octanol–water partition coefficient (Wildman–Crippen LogP) is 4.92. The van der Waals surface area contributed by atoms with Crippen molar-refractivity contribution in [2.45, 2.75) is 13.0 Å². The van der Waals surface area contributed by atoms with Crippen LogP contribution in [-0.4, -0.2) is 28.9 Å². The summed E-state index contributed by atoms with van der Waals surface area (Å²) in [5.74, 6) is 2.15. The monoisotopic (exact) mass is 398 g/mol. The molecule has 0 radical (unpaired) electrons. The zero-order valence-electron chi connectivity index (χ0n) is 16.5. The summed E-state index contributed by atoms with van der Waals surface area (Å²) in [6.45, 7) is 1.34. The summed E-state index contributed by atoms with van der Waals surface area (Å²) in [5, 5.41) is 1.19. The maximum absolute atomic E-state index is 12.7. The molecular weight excluding hydrogens is 376 g/mol. The first-order chi connectivity index (χ1) is 14.8. The molecule has 2 heterocycles. The van der Waals surface area contributed by atoms with E-state index in [0.29, 0.717) is 18.8 Å². The molecule has 5 rings (SSSR count). The Morgan fingerprint density at radius 1 is 0.867 bits per heavy atom. The lowest BCUT2D eigenvalue weighted by molar-refractivity contribution is -0.134. The number of H-pyrrole nitrogens is 1. The van der Waals surface area contributed by atoms with Gasteiger partial charge in [-0.05, 0) is 42.5 Å². The lowest BCUT2D eigenvalue weighted by atomic mass is 10.0. The summed E-state index contributed by atoms with van der Waals surface area (Å²) < 4.78 is 11.5. The molecule has 0 saturated heterocycles. The van der Waals surface area contributed by atoms with E-state index in [-0.39, 0.29) is 12.5 Å². The van der Waals surface area contributed by atoms with Crippen LogP contribution >= 0.6 is 0 Å². The number of hydrogen-bond acceptors (Lipinski definition) is 3. The summed E-state index contributed by atoms with van der Waals surface area (Å²) in [6, 6.07) is 25.2. The van der Waals surface area contributed by atoms with Gasteiger partial charge >= 0.3 is 0 Å². The molecule has 1 N–H and O–H groups in total. The molecule has 1 aliphatic rings. The third kappa shape index (κ3) is 3.74. The van der Waals surface area contributed by atoms with E-state index >= 15 is 0 Å². The highest BCUT2D eigenvalue weighted by molar-refractivity contribution is 5.86. The highest BCUT2D eigenvalue weighted by Gasteiger charge is 2.24. The molecule has 1 aliphatic heterocycles. The van der Waals surface area contributed by atoms with E-state index in [0.717, 1.165) is 23.4 Å². The summed E-state index contributed by atoms with van der Waals surface area (Å²) in [5.41, 5.74) is 3.58. The first-order valence-corrected chi connectivity index (χ1v) is 10.1. The summed E-state index contributed by atoms with van der Waals surface area (Å²) in [4.78, 5) is 18.1. The van der Waals surface area contributed by atoms with Crippen LogP contribution < -0.4 is 9.47 Å². The molecule has 1 amide bonds. The number of fused-ring (bicyclic) bond motifs is 3. The molecule has 3 aromatic carbocycles. The van der Waals surface area contributed by atoms with Crippen molar-refractivity contribution in [3.8, 4) is 17.2 Å². The number of amides is 1. The van der Waals surface area contributed by atoms with Crippen molar-refractivity contribution in [2.75, 3.05) is 13.2 Å². The number of nitrogens with zero attached hydrogens (tertiary/aromatic N) is 1. The summed E-state index contributed by atoms with van der Waals surface area (Å²) in [7, 11) is 0. The standard InChI is InChI=1S/C25H22N2O3/c28-25(27-15-14-24-22(16-27)21-8-4-5-9-23(21)26-24)17-29-18-10-12-20(13-11-18)30-19-6-2-1-3-7-19/h1-13,26H,14-17H2. The fraction of sp³-hybridized carbons (Fsp3) is 0.160. The molecule has 4 aromatic rings. The molecule has 5 heteroatoms. The fourth-order valence-corrected chi connectivity index (χ4v) is 3.84. The highest BCUT2D eigenvalue weighted by atomic mass is 16.5. The van der Waals surface area contributed by atoms with Crippen LogP contribution in [0.1, 0.15) is 11.3 Å². The number of benzene rings is 3. The molecule has 0 unspecified atom stereocenters. The molecule has 0 bridgehead atoms. The Morgan fingerprint density at radius 2 is 1.57 bits per heavy atom. The SMILES string of the molecule is O=C(COc1ccc(Oc2ccccc2)cc1)N1CCc2[nH]c3ccccc3c2C1. The third-order valence-corrected chi connectivity index (χ3v) is 5.40. The van der Waals surface area contributed by atoms with Crippen molar-refractivity contribution in [1.82, 2.24) is 9.88 Å². The molecule has 0 fully saturated rings. The van der Waals surface area contributed by atoms with Crippen LogP contribution in [0.15, 0.2) is 78.9 Å². The normalized spacial score (nSPS) is 13.1. The topological polar surface area (TPSA) is 54.6 Å². The van der Waals surface area contributed by atoms with Crippen molar-refractivity contribution in [3.05, 3.63) is 90.1 Å². The predicted molar refractivity (Wildman–Crippen MR) is 116 cm³/mol. The molecule has 0 aliphatic carbocycles. The Kier molecular flexibility index (Phi) is 4.85. The number of ether oxygens (including phenoxy) is 2. The third-order valence-electron chi connectivity index (χ3n) is 5.40. The molecule has 5 nitrogen and oxygen atoms in total. The van der Waals surface area contributed by atoms with Gasteiger partial charge in [0.25, 0.3) is 5.91 Å². The smallest absolute Gasteiger partial charge is 0.260 e. The average Bonchev–Trinajstić information content (AvgIpc) is 3.17. The quantitative estimate of drug-likeness (QED) is 0.519. The van der Waals surface area contributed by atoms with E-state index in [1.54, 1.807) is 0 Å². The van der Waals surface area contributed by atoms with Gasteiger partial charge in [-0.1, -0.05) is 36.4 Å². The molecular formula is C25H22N2O3. The first-order valence-electron chi connectivity index (χ1n) is 10.1. The molecule has 0 saturated carbocycles. The number of para-hydroxylation sites is 2. The lowest BCUT2D eigenvalue weighted by Crippen LogP contribution is -2.38. The van der Waals surface area contributed by atoms with Gasteiger partial charge in [0.05, 0.1) is 0 Å². The molecule has 30 heavy (non-hydrogen) atoms. The molecule has 1 aromatic heterocycles. The van der Waals surface area contributed by atoms with Crippen molar-refractivity contribution in [1.29, 1.82) is 0 Å². The van der Waals surface area contributed by atoms with Crippen molar-refractivity contribution in [3.63, 3.8) is 0 Å². The van der Waals surface area contributed by atoms with Crippen LogP contribution in [-0.2, 0) is 17.8 Å². The maximum Gasteiger partial charge on any atom is 0.260 e. The zero-order chi connectivity index (χ0) is 20.3. The zero-order valence-corrected chi connectivity index (χ0v) is 16.5. The van der Waals surface area contributed by atoms with Crippen molar-refractivity contribution < 1.29 is 14.3 Å². The highest BCUT2D eigenvalue weighted by Crippen LogP contribution is 2.28. The minimum absolute atomic E-state index is 0.00413. The average molecular weight is 398 g/mol. The van der Waals surface area contributed by atoms with Crippen LogP contribution in [0.4, 0.5) is 0 Å². The second-order valence-electron chi connectivity index (χ2n) is 7.37. The Hall–Kier alpha value is -3.73. The number of rotatable bonds is 5. The number of aromatic nitrogens is 1. The van der Waals surface area contributed by atoms with E-state index < -0.39 is 0 Å². The fourth-order valence-electron chi connectivity index (χ4n) is 3.84. The minimum Gasteiger partial charge on any atom is -0.484 e. The Morgan fingerprint density at radius 3 is 2.40 bits per heavy atom. The van der Waals surface area contributed by atoms with E-state index in [1.807, 2.05) is 71.6 Å². The van der Waals surface area contributed by atoms with Gasteiger partial charge in [-0.3, -0.25) is 4.79 Å².